The van der Waals surface area contributed by atoms with Gasteiger partial charge in [-0.15, -0.1) is 0 Å². The number of allylic oxidation sites excluding steroid dienone is 2. The number of nitrogen functional groups attached to an aromatic ring is 1. The molecule has 1 aromatic heterocycles. The van der Waals surface area contributed by atoms with Crippen molar-refractivity contribution >= 4 is 11.4 Å². The summed E-state index contributed by atoms with van der Waals surface area (Å²) in [6.45, 7) is 6.21. The second-order valence-corrected chi connectivity index (χ2v) is 3.04. The lowest BCUT2D eigenvalue weighted by Gasteiger charge is -2.09. The summed E-state index contributed by atoms with van der Waals surface area (Å²) >= 11 is 0. The van der Waals surface area contributed by atoms with E-state index in [0.717, 1.165) is 12.0 Å². The van der Waals surface area contributed by atoms with Crippen molar-refractivity contribution in [3.8, 4) is 0 Å². The Morgan fingerprint density at radius 1 is 1.62 bits per heavy atom. The van der Waals surface area contributed by atoms with Crippen LogP contribution in [0.2, 0.25) is 0 Å². The molecule has 0 saturated heterocycles. The lowest BCUT2D eigenvalue weighted by molar-refractivity contribution is 1.19. The fourth-order valence-corrected chi connectivity index (χ4v) is 1.45. The third-order valence-electron chi connectivity index (χ3n) is 2.32. The minimum Gasteiger partial charge on any atom is -0.383 e. The molecule has 0 radical (unpaired) electrons. The molecule has 0 atom stereocenters. The van der Waals surface area contributed by atoms with Gasteiger partial charge in [0.05, 0.1) is 0 Å². The number of hydrogen-bond donors (Lipinski definition) is 1. The summed E-state index contributed by atoms with van der Waals surface area (Å²) in [4.78, 5) is 4.04. The Balaban J connectivity index is 3.22. The standard InChI is InChI=1S/C11H16N2/c1-4-9(5-2)10-6-7-13-11(12)8(10)3/h4,6-7H,5H2,1-3H3,(H2,12,13)/b9-4-. The molecule has 0 fully saturated rings. The molecule has 0 aromatic carbocycles. The highest BCUT2D eigenvalue weighted by atomic mass is 14.8. The van der Waals surface area contributed by atoms with Crippen LogP contribution in [0.1, 0.15) is 31.4 Å². The summed E-state index contributed by atoms with van der Waals surface area (Å²) in [5.41, 5.74) is 9.36. The SMILES string of the molecule is C/C=C(/CC)c1ccnc(N)c1C. The maximum atomic E-state index is 5.73. The zero-order chi connectivity index (χ0) is 9.84. The maximum Gasteiger partial charge on any atom is 0.126 e. The summed E-state index contributed by atoms with van der Waals surface area (Å²) in [6, 6.07) is 2.02. The van der Waals surface area contributed by atoms with Crippen LogP contribution in [-0.2, 0) is 0 Å². The minimum atomic E-state index is 0.630. The predicted octanol–water partition coefficient (Wildman–Crippen LogP) is 2.79. The van der Waals surface area contributed by atoms with E-state index in [1.807, 2.05) is 13.0 Å². The number of anilines is 1. The monoisotopic (exact) mass is 176 g/mol. The van der Waals surface area contributed by atoms with Crippen molar-refractivity contribution in [3.63, 3.8) is 0 Å². The van der Waals surface area contributed by atoms with E-state index in [4.69, 9.17) is 5.73 Å². The van der Waals surface area contributed by atoms with Crippen LogP contribution < -0.4 is 5.73 Å². The molecule has 2 nitrogen and oxygen atoms in total. The lowest BCUT2D eigenvalue weighted by Crippen LogP contribution is -1.97. The van der Waals surface area contributed by atoms with Crippen LogP contribution in [-0.4, -0.2) is 4.98 Å². The van der Waals surface area contributed by atoms with Gasteiger partial charge >= 0.3 is 0 Å². The van der Waals surface area contributed by atoms with Gasteiger partial charge in [0.15, 0.2) is 0 Å². The molecule has 13 heavy (non-hydrogen) atoms. The molecule has 0 spiro atoms. The van der Waals surface area contributed by atoms with Gasteiger partial charge in [0.2, 0.25) is 0 Å². The Morgan fingerprint density at radius 2 is 2.31 bits per heavy atom. The summed E-state index contributed by atoms with van der Waals surface area (Å²) in [6.07, 6.45) is 4.92. The smallest absolute Gasteiger partial charge is 0.126 e. The van der Waals surface area contributed by atoms with Crippen LogP contribution in [0.15, 0.2) is 18.3 Å². The molecule has 0 aliphatic carbocycles. The fraction of sp³-hybridized carbons (Fsp3) is 0.364. The van der Waals surface area contributed by atoms with Gasteiger partial charge in [-0.25, -0.2) is 4.98 Å². The van der Waals surface area contributed by atoms with Gasteiger partial charge in [-0.05, 0) is 43.0 Å². The molecular weight excluding hydrogens is 160 g/mol. The van der Waals surface area contributed by atoms with Crippen molar-refractivity contribution in [1.82, 2.24) is 4.98 Å². The number of hydrogen-bond acceptors (Lipinski definition) is 2. The number of aromatic nitrogens is 1. The average Bonchev–Trinajstić information content (AvgIpc) is 2.14. The van der Waals surface area contributed by atoms with E-state index in [9.17, 15) is 0 Å². The first-order valence-corrected chi connectivity index (χ1v) is 4.57. The minimum absolute atomic E-state index is 0.630. The Kier molecular flexibility index (Phi) is 3.07. The molecule has 1 aromatic rings. The molecular formula is C11H16N2. The molecule has 0 aliphatic rings. The van der Waals surface area contributed by atoms with Gasteiger partial charge < -0.3 is 5.73 Å². The highest BCUT2D eigenvalue weighted by Crippen LogP contribution is 2.23. The summed E-state index contributed by atoms with van der Waals surface area (Å²) in [7, 11) is 0. The highest BCUT2D eigenvalue weighted by molar-refractivity contribution is 5.70. The lowest BCUT2D eigenvalue weighted by atomic mass is 10.00. The van der Waals surface area contributed by atoms with Gasteiger partial charge in [-0.1, -0.05) is 13.0 Å². The van der Waals surface area contributed by atoms with Crippen LogP contribution in [0.25, 0.3) is 5.57 Å². The van der Waals surface area contributed by atoms with Crippen LogP contribution >= 0.6 is 0 Å². The van der Waals surface area contributed by atoms with Crippen molar-refractivity contribution < 1.29 is 0 Å². The summed E-state index contributed by atoms with van der Waals surface area (Å²) < 4.78 is 0. The molecule has 0 saturated carbocycles. The molecule has 1 rings (SSSR count). The normalized spacial score (nSPS) is 11.8. The van der Waals surface area contributed by atoms with Crippen LogP contribution in [0, 0.1) is 6.92 Å². The molecule has 0 unspecified atom stereocenters. The van der Waals surface area contributed by atoms with Gasteiger partial charge in [-0.3, -0.25) is 0 Å². The molecule has 2 heteroatoms. The van der Waals surface area contributed by atoms with Crippen molar-refractivity contribution in [2.24, 2.45) is 0 Å². The maximum absolute atomic E-state index is 5.73. The van der Waals surface area contributed by atoms with E-state index >= 15 is 0 Å². The summed E-state index contributed by atoms with van der Waals surface area (Å²) in [5, 5.41) is 0. The molecule has 0 bridgehead atoms. The third kappa shape index (κ3) is 1.89. The number of pyridine rings is 1. The Bertz CT molecular complexity index is 327. The molecule has 0 amide bonds. The van der Waals surface area contributed by atoms with Gasteiger partial charge in [0.1, 0.15) is 5.82 Å². The topological polar surface area (TPSA) is 38.9 Å². The van der Waals surface area contributed by atoms with E-state index in [2.05, 4.69) is 24.9 Å². The highest BCUT2D eigenvalue weighted by Gasteiger charge is 2.04. The van der Waals surface area contributed by atoms with E-state index in [1.165, 1.54) is 11.1 Å². The second kappa shape index (κ2) is 4.08. The Morgan fingerprint density at radius 3 is 2.85 bits per heavy atom. The van der Waals surface area contributed by atoms with E-state index in [0.29, 0.717) is 5.82 Å². The predicted molar refractivity (Wildman–Crippen MR) is 57.3 cm³/mol. The Hall–Kier alpha value is -1.31. The van der Waals surface area contributed by atoms with Crippen molar-refractivity contribution in [2.45, 2.75) is 27.2 Å². The number of rotatable bonds is 2. The van der Waals surface area contributed by atoms with E-state index < -0.39 is 0 Å². The first kappa shape index (κ1) is 9.78. The average molecular weight is 176 g/mol. The van der Waals surface area contributed by atoms with Crippen LogP contribution in [0.5, 0.6) is 0 Å². The molecule has 70 valence electrons. The molecule has 1 heterocycles. The third-order valence-corrected chi connectivity index (χ3v) is 2.32. The van der Waals surface area contributed by atoms with Crippen molar-refractivity contribution in [3.05, 3.63) is 29.5 Å². The van der Waals surface area contributed by atoms with E-state index in [-0.39, 0.29) is 0 Å². The first-order valence-electron chi connectivity index (χ1n) is 4.57. The number of nitrogens with two attached hydrogens (primary N) is 1. The quantitative estimate of drug-likeness (QED) is 0.752. The summed E-state index contributed by atoms with van der Waals surface area (Å²) in [5.74, 6) is 0.630. The fourth-order valence-electron chi connectivity index (χ4n) is 1.45. The largest absolute Gasteiger partial charge is 0.383 e. The van der Waals surface area contributed by atoms with Crippen LogP contribution in [0.3, 0.4) is 0 Å². The first-order chi connectivity index (χ1) is 6.20. The zero-order valence-electron chi connectivity index (χ0n) is 8.46. The van der Waals surface area contributed by atoms with Gasteiger partial charge in [0.25, 0.3) is 0 Å². The van der Waals surface area contributed by atoms with E-state index in [1.54, 1.807) is 6.20 Å². The second-order valence-electron chi connectivity index (χ2n) is 3.04. The number of nitrogens with zero attached hydrogens (tertiary/aromatic N) is 1. The van der Waals surface area contributed by atoms with Gasteiger partial charge in [0, 0.05) is 6.20 Å². The Labute approximate surface area is 79.5 Å². The molecule has 0 aliphatic heterocycles. The zero-order valence-corrected chi connectivity index (χ0v) is 8.46. The van der Waals surface area contributed by atoms with Crippen molar-refractivity contribution in [2.75, 3.05) is 5.73 Å². The molecule has 2 N–H and O–H groups in total. The van der Waals surface area contributed by atoms with Crippen molar-refractivity contribution in [1.29, 1.82) is 0 Å². The van der Waals surface area contributed by atoms with Gasteiger partial charge in [-0.2, -0.15) is 0 Å². The van der Waals surface area contributed by atoms with Crippen LogP contribution in [0.4, 0.5) is 5.82 Å².